The molecule has 1 atom stereocenters. The predicted molar refractivity (Wildman–Crippen MR) is 168 cm³/mol. The minimum absolute atomic E-state index is 0.0155. The van der Waals surface area contributed by atoms with E-state index in [0.29, 0.717) is 15.6 Å². The van der Waals surface area contributed by atoms with Crippen LogP contribution in [-0.2, 0) is 19.4 Å². The van der Waals surface area contributed by atoms with E-state index >= 15 is 0 Å². The Labute approximate surface area is 264 Å². The first-order chi connectivity index (χ1) is 19.9. The van der Waals surface area contributed by atoms with E-state index < -0.39 is 32.2 Å². The molecule has 3 aromatic carbocycles. The molecule has 1 unspecified atom stereocenters. The first kappa shape index (κ1) is 30.4. The van der Waals surface area contributed by atoms with Gasteiger partial charge in [-0.2, -0.15) is 0 Å². The molecule has 7 nitrogen and oxygen atoms in total. The van der Waals surface area contributed by atoms with E-state index in [1.165, 1.54) is 42.5 Å². The fourth-order valence-electron chi connectivity index (χ4n) is 4.62. The topological polar surface area (TPSA) is 108 Å². The maximum Gasteiger partial charge on any atom is 0.338 e. The summed E-state index contributed by atoms with van der Waals surface area (Å²) in [6.45, 7) is 1.60. The first-order valence-electron chi connectivity index (χ1n) is 12.3. The van der Waals surface area contributed by atoms with Crippen molar-refractivity contribution < 1.29 is 17.9 Å². The lowest BCUT2D eigenvalue weighted by Gasteiger charge is -2.28. The number of halogens is 4. The molecule has 1 aromatic heterocycles. The Morgan fingerprint density at radius 1 is 1.00 bits per heavy atom. The summed E-state index contributed by atoms with van der Waals surface area (Å²) in [5.74, 6) is -2.54. The van der Waals surface area contributed by atoms with Crippen molar-refractivity contribution in [2.24, 2.45) is 5.73 Å². The van der Waals surface area contributed by atoms with Crippen molar-refractivity contribution in [3.05, 3.63) is 122 Å². The summed E-state index contributed by atoms with van der Waals surface area (Å²) in [6.07, 6.45) is 1.52. The number of carbonyl (C=O) groups excluding carboxylic acids is 1. The minimum Gasteiger partial charge on any atom is -0.463 e. The Morgan fingerprint density at radius 2 is 1.64 bits per heavy atom. The summed E-state index contributed by atoms with van der Waals surface area (Å²) in [7, 11) is -4.40. The van der Waals surface area contributed by atoms with Gasteiger partial charge in [0, 0.05) is 20.1 Å². The Hall–Kier alpha value is -3.05. The van der Waals surface area contributed by atoms with Crippen LogP contribution in [0.5, 0.6) is 0 Å². The highest BCUT2D eigenvalue weighted by Crippen LogP contribution is 2.44. The number of sulfone groups is 1. The third-order valence-electron chi connectivity index (χ3n) is 6.46. The maximum atomic E-state index is 14.3. The van der Waals surface area contributed by atoms with Crippen molar-refractivity contribution in [1.82, 2.24) is 4.57 Å². The lowest BCUT2D eigenvalue weighted by Crippen LogP contribution is -2.41. The summed E-state index contributed by atoms with van der Waals surface area (Å²) in [5.41, 5.74) is 6.54. The van der Waals surface area contributed by atoms with Crippen LogP contribution in [0, 0.1) is 0 Å². The van der Waals surface area contributed by atoms with Gasteiger partial charge in [0.25, 0.3) is 5.56 Å². The largest absolute Gasteiger partial charge is 0.463 e. The summed E-state index contributed by atoms with van der Waals surface area (Å²) in [5, 5.41) is 1.08. The summed E-state index contributed by atoms with van der Waals surface area (Å²) in [4.78, 5) is 27.0. The van der Waals surface area contributed by atoms with Crippen LogP contribution >= 0.6 is 57.7 Å². The minimum atomic E-state index is -4.40. The van der Waals surface area contributed by atoms with Gasteiger partial charge in [0.15, 0.2) is 0 Å². The molecule has 0 aliphatic carbocycles. The van der Waals surface area contributed by atoms with Crippen LogP contribution in [0.25, 0.3) is 17.5 Å². The molecule has 1 aliphatic rings. The predicted octanol–water partition coefficient (Wildman–Crippen LogP) is 5.42. The van der Waals surface area contributed by atoms with Gasteiger partial charge in [0.2, 0.25) is 9.84 Å². The number of nitrogens with zero attached hydrogens (tertiary/aromatic N) is 1. The molecule has 5 rings (SSSR count). The summed E-state index contributed by atoms with van der Waals surface area (Å²) < 4.78 is 35.2. The number of hydrogen-bond acceptors (Lipinski definition) is 7. The van der Waals surface area contributed by atoms with Crippen molar-refractivity contribution >= 4 is 91.0 Å². The van der Waals surface area contributed by atoms with Crippen LogP contribution in [0.1, 0.15) is 24.0 Å². The maximum absolute atomic E-state index is 14.3. The molecule has 0 bridgehead atoms. The second-order valence-corrected chi connectivity index (χ2v) is 13.7. The molecule has 4 aromatic rings. The van der Waals surface area contributed by atoms with Crippen molar-refractivity contribution in [2.45, 2.75) is 17.7 Å². The molecule has 1 aliphatic heterocycles. The van der Waals surface area contributed by atoms with Gasteiger partial charge in [-0.1, -0.05) is 76.7 Å². The zero-order valence-electron chi connectivity index (χ0n) is 21.6. The number of esters is 1. The number of allylic oxidation sites excluding steroid dienone is 1. The molecule has 13 heteroatoms. The van der Waals surface area contributed by atoms with Gasteiger partial charge in [-0.3, -0.25) is 9.36 Å². The Balaban J connectivity index is 1.95. The number of thiazole rings is 1. The Bertz CT molecular complexity index is 2070. The van der Waals surface area contributed by atoms with Crippen LogP contribution in [0.15, 0.2) is 81.3 Å². The van der Waals surface area contributed by atoms with Gasteiger partial charge in [-0.25, -0.2) is 13.2 Å². The number of rotatable bonds is 6. The average molecular weight is 682 g/mol. The van der Waals surface area contributed by atoms with Crippen LogP contribution in [0.3, 0.4) is 0 Å². The van der Waals surface area contributed by atoms with Crippen molar-refractivity contribution in [2.75, 3.05) is 6.61 Å². The SMILES string of the molecule is CCOC(=O)C1=c2s/c(=C\c3ccc(Cl)cc3Cl)c(=O)n2C(N)=C(S(=O)(=O)c2ccccc2)C1c1ccc(Cl)cc1Cl. The zero-order valence-corrected chi connectivity index (χ0v) is 26.3. The molecule has 0 radical (unpaired) electrons. The number of hydrogen-bond donors (Lipinski definition) is 1. The molecule has 2 heterocycles. The van der Waals surface area contributed by atoms with E-state index in [-0.39, 0.29) is 47.7 Å². The molecule has 0 saturated heterocycles. The third-order valence-corrected chi connectivity index (χ3v) is 10.6. The zero-order chi connectivity index (χ0) is 30.3. The molecule has 0 amide bonds. The highest BCUT2D eigenvalue weighted by atomic mass is 35.5. The number of aromatic nitrogens is 1. The average Bonchev–Trinajstić information content (AvgIpc) is 3.26. The third kappa shape index (κ3) is 5.41. The number of fused-ring (bicyclic) bond motifs is 1. The molecule has 0 saturated carbocycles. The van der Waals surface area contributed by atoms with E-state index in [9.17, 15) is 18.0 Å². The van der Waals surface area contributed by atoms with Gasteiger partial charge in [-0.15, -0.1) is 11.3 Å². The van der Waals surface area contributed by atoms with Crippen molar-refractivity contribution in [3.8, 4) is 0 Å². The molecule has 0 spiro atoms. The molecule has 42 heavy (non-hydrogen) atoms. The fourth-order valence-corrected chi connectivity index (χ4v) is 8.45. The van der Waals surface area contributed by atoms with Gasteiger partial charge in [-0.05, 0) is 60.5 Å². The molecule has 216 valence electrons. The highest BCUT2D eigenvalue weighted by molar-refractivity contribution is 7.95. The van der Waals surface area contributed by atoms with Crippen LogP contribution < -0.4 is 20.5 Å². The van der Waals surface area contributed by atoms with Crippen molar-refractivity contribution in [1.29, 1.82) is 0 Å². The number of benzene rings is 3. The van der Waals surface area contributed by atoms with Crippen molar-refractivity contribution in [3.63, 3.8) is 0 Å². The standard InChI is InChI=1S/C29H20Cl4N2O5S2/c1-2-40-29(37)24-23(19-11-10-17(31)14-21(19)33)25(42(38,39)18-6-4-3-5-7-18)26(34)35-27(36)22(41-28(24)35)12-15-8-9-16(30)13-20(15)32/h3-14,23H,2,34H2,1H3/b22-12-. The smallest absolute Gasteiger partial charge is 0.338 e. The molecular formula is C29H20Cl4N2O5S2. The lowest BCUT2D eigenvalue weighted by atomic mass is 9.89. The fraction of sp³-hybridized carbons (Fsp3) is 0.103. The van der Waals surface area contributed by atoms with Gasteiger partial charge >= 0.3 is 5.97 Å². The van der Waals surface area contributed by atoms with E-state index in [0.717, 1.165) is 15.9 Å². The number of ether oxygens (including phenoxy) is 1. The monoisotopic (exact) mass is 680 g/mol. The van der Waals surface area contributed by atoms with Gasteiger partial charge in [0.05, 0.1) is 27.5 Å². The van der Waals surface area contributed by atoms with Gasteiger partial charge < -0.3 is 10.5 Å². The second-order valence-electron chi connectivity index (χ2n) is 9.02. The second kappa shape index (κ2) is 11.9. The highest BCUT2D eigenvalue weighted by Gasteiger charge is 2.43. The van der Waals surface area contributed by atoms with E-state index in [4.69, 9.17) is 56.9 Å². The normalized spacial score (nSPS) is 15.6. The summed E-state index contributed by atoms with van der Waals surface area (Å²) in [6, 6.07) is 16.8. The summed E-state index contributed by atoms with van der Waals surface area (Å²) >= 11 is 26.1. The quantitative estimate of drug-likeness (QED) is 0.272. The molecular weight excluding hydrogens is 662 g/mol. The Morgan fingerprint density at radius 3 is 2.26 bits per heavy atom. The van der Waals surface area contributed by atoms with E-state index in [1.54, 1.807) is 37.3 Å². The molecule has 2 N–H and O–H groups in total. The number of carbonyl (C=O) groups is 1. The van der Waals surface area contributed by atoms with Crippen LogP contribution in [0.2, 0.25) is 20.1 Å². The van der Waals surface area contributed by atoms with E-state index in [1.807, 2.05) is 0 Å². The van der Waals surface area contributed by atoms with Gasteiger partial charge in [0.1, 0.15) is 15.4 Å². The lowest BCUT2D eigenvalue weighted by molar-refractivity contribution is -0.136. The molecule has 0 fully saturated rings. The van der Waals surface area contributed by atoms with Crippen LogP contribution in [-0.4, -0.2) is 25.6 Å². The Kier molecular flexibility index (Phi) is 8.63. The first-order valence-corrected chi connectivity index (χ1v) is 16.1. The van der Waals surface area contributed by atoms with E-state index in [2.05, 4.69) is 0 Å². The van der Waals surface area contributed by atoms with Crippen LogP contribution in [0.4, 0.5) is 0 Å². The number of nitrogens with two attached hydrogens (primary N) is 1.